The minimum absolute atomic E-state index is 0.0776. The Morgan fingerprint density at radius 1 is 1.43 bits per heavy atom. The summed E-state index contributed by atoms with van der Waals surface area (Å²) in [5.74, 6) is 0.0958. The Morgan fingerprint density at radius 3 is 2.86 bits per heavy atom. The van der Waals surface area contributed by atoms with Crippen molar-refractivity contribution in [2.45, 2.75) is 44.5 Å². The monoisotopic (exact) mass is 291 g/mol. The Labute approximate surface area is 124 Å². The Hall–Kier alpha value is -1.59. The summed E-state index contributed by atoms with van der Waals surface area (Å²) < 4.78 is 11.1. The maximum absolute atomic E-state index is 11.5. The Balaban J connectivity index is 1.73. The number of rotatable bonds is 5. The zero-order valence-corrected chi connectivity index (χ0v) is 12.2. The fraction of sp³-hybridized carbons (Fsp3) is 0.562. The van der Waals surface area contributed by atoms with Crippen LogP contribution in [0.5, 0.6) is 5.75 Å². The van der Waals surface area contributed by atoms with E-state index in [4.69, 9.17) is 9.47 Å². The number of likely N-dealkylation sites (tertiary alicyclic amines) is 1. The number of carboxylic acids is 1. The third-order valence-electron chi connectivity index (χ3n) is 4.34. The van der Waals surface area contributed by atoms with Gasteiger partial charge in [-0.3, -0.25) is 9.69 Å². The molecule has 2 saturated heterocycles. The van der Waals surface area contributed by atoms with Gasteiger partial charge in [0.05, 0.1) is 12.7 Å². The number of benzene rings is 1. The fourth-order valence-electron chi connectivity index (χ4n) is 3.37. The molecule has 21 heavy (non-hydrogen) atoms. The van der Waals surface area contributed by atoms with Crippen molar-refractivity contribution in [1.29, 1.82) is 0 Å². The van der Waals surface area contributed by atoms with Gasteiger partial charge < -0.3 is 14.6 Å². The van der Waals surface area contributed by atoms with Crippen molar-refractivity contribution in [3.05, 3.63) is 29.8 Å². The molecule has 1 aromatic carbocycles. The summed E-state index contributed by atoms with van der Waals surface area (Å²) >= 11 is 0. The predicted molar refractivity (Wildman–Crippen MR) is 77.3 cm³/mol. The van der Waals surface area contributed by atoms with E-state index in [1.165, 1.54) is 0 Å². The van der Waals surface area contributed by atoms with Gasteiger partial charge >= 0.3 is 5.97 Å². The molecule has 5 nitrogen and oxygen atoms in total. The van der Waals surface area contributed by atoms with Gasteiger partial charge in [0.1, 0.15) is 11.8 Å². The van der Waals surface area contributed by atoms with E-state index in [0.29, 0.717) is 19.6 Å². The van der Waals surface area contributed by atoms with Crippen LogP contribution in [0.1, 0.15) is 25.3 Å². The summed E-state index contributed by atoms with van der Waals surface area (Å²) in [6.45, 7) is 3.98. The molecule has 114 valence electrons. The molecule has 0 aliphatic carbocycles. The first kappa shape index (κ1) is 14.4. The smallest absolute Gasteiger partial charge is 0.321 e. The van der Waals surface area contributed by atoms with E-state index in [-0.39, 0.29) is 12.1 Å². The van der Waals surface area contributed by atoms with Crippen LogP contribution in [0.25, 0.3) is 0 Å². The molecular formula is C16H21NO4. The second kappa shape index (κ2) is 6.03. The van der Waals surface area contributed by atoms with E-state index in [1.807, 2.05) is 31.2 Å². The van der Waals surface area contributed by atoms with E-state index in [0.717, 1.165) is 24.3 Å². The lowest BCUT2D eigenvalue weighted by Crippen LogP contribution is -2.40. The van der Waals surface area contributed by atoms with Gasteiger partial charge in [0.25, 0.3) is 0 Å². The molecule has 2 heterocycles. The van der Waals surface area contributed by atoms with Gasteiger partial charge in [-0.1, -0.05) is 12.1 Å². The highest BCUT2D eigenvalue weighted by atomic mass is 16.5. The molecule has 1 unspecified atom stereocenters. The minimum atomic E-state index is -0.751. The summed E-state index contributed by atoms with van der Waals surface area (Å²) in [7, 11) is 0. The SMILES string of the molecule is CCOc1ccc(CN2C(C(=O)O)C[C@@H]3OCC[C@@H]32)cc1. The minimum Gasteiger partial charge on any atom is -0.494 e. The first-order valence-corrected chi connectivity index (χ1v) is 7.51. The zero-order chi connectivity index (χ0) is 14.8. The molecule has 0 spiro atoms. The number of ether oxygens (including phenoxy) is 2. The third-order valence-corrected chi connectivity index (χ3v) is 4.34. The number of hydrogen-bond acceptors (Lipinski definition) is 4. The summed E-state index contributed by atoms with van der Waals surface area (Å²) in [6, 6.07) is 7.69. The highest BCUT2D eigenvalue weighted by Gasteiger charge is 2.47. The maximum atomic E-state index is 11.5. The average molecular weight is 291 g/mol. The largest absolute Gasteiger partial charge is 0.494 e. The number of carboxylic acid groups (broad SMARTS) is 1. The van der Waals surface area contributed by atoms with Crippen molar-refractivity contribution in [3.8, 4) is 5.75 Å². The molecule has 1 N–H and O–H groups in total. The van der Waals surface area contributed by atoms with E-state index in [2.05, 4.69) is 4.90 Å². The quantitative estimate of drug-likeness (QED) is 0.898. The van der Waals surface area contributed by atoms with E-state index < -0.39 is 12.0 Å². The standard InChI is InChI=1S/C16H21NO4/c1-2-20-12-5-3-11(4-6-12)10-17-13-7-8-21-15(13)9-14(17)16(18)19/h3-6,13-15H,2,7-10H2,1H3,(H,18,19)/t13-,14?,15-/m0/s1. The lowest BCUT2D eigenvalue weighted by atomic mass is 10.1. The third kappa shape index (κ3) is 2.89. The van der Waals surface area contributed by atoms with Crippen molar-refractivity contribution >= 4 is 5.97 Å². The van der Waals surface area contributed by atoms with Gasteiger partial charge in [-0.2, -0.15) is 0 Å². The molecule has 2 fully saturated rings. The fourth-order valence-corrected chi connectivity index (χ4v) is 3.37. The van der Waals surface area contributed by atoms with E-state index >= 15 is 0 Å². The second-order valence-corrected chi connectivity index (χ2v) is 5.60. The molecular weight excluding hydrogens is 270 g/mol. The van der Waals surface area contributed by atoms with Crippen LogP contribution in [0.15, 0.2) is 24.3 Å². The van der Waals surface area contributed by atoms with Crippen molar-refractivity contribution in [2.24, 2.45) is 0 Å². The van der Waals surface area contributed by atoms with Gasteiger partial charge in [-0.25, -0.2) is 0 Å². The highest BCUT2D eigenvalue weighted by molar-refractivity contribution is 5.74. The normalized spacial score (nSPS) is 28.5. The van der Waals surface area contributed by atoms with Gasteiger partial charge in [0.15, 0.2) is 0 Å². The van der Waals surface area contributed by atoms with Gasteiger partial charge in [0, 0.05) is 25.6 Å². The van der Waals surface area contributed by atoms with Crippen LogP contribution in [0.3, 0.4) is 0 Å². The second-order valence-electron chi connectivity index (χ2n) is 5.60. The molecule has 2 aliphatic rings. The Morgan fingerprint density at radius 2 is 2.19 bits per heavy atom. The van der Waals surface area contributed by atoms with Crippen LogP contribution in [-0.2, 0) is 16.1 Å². The molecule has 0 radical (unpaired) electrons. The van der Waals surface area contributed by atoms with Gasteiger partial charge in [-0.15, -0.1) is 0 Å². The van der Waals surface area contributed by atoms with Crippen LogP contribution in [0, 0.1) is 0 Å². The molecule has 2 aliphatic heterocycles. The molecule has 0 saturated carbocycles. The lowest BCUT2D eigenvalue weighted by molar-refractivity contribution is -0.143. The predicted octanol–water partition coefficient (Wildman–Crippen LogP) is 1.90. The Kier molecular flexibility index (Phi) is 4.12. The first-order chi connectivity index (χ1) is 10.2. The van der Waals surface area contributed by atoms with Crippen molar-refractivity contribution in [1.82, 2.24) is 4.90 Å². The lowest BCUT2D eigenvalue weighted by Gasteiger charge is -2.26. The molecule has 3 atom stereocenters. The van der Waals surface area contributed by atoms with Crippen LogP contribution < -0.4 is 4.74 Å². The molecule has 0 amide bonds. The highest BCUT2D eigenvalue weighted by Crippen LogP contribution is 2.35. The number of fused-ring (bicyclic) bond motifs is 1. The van der Waals surface area contributed by atoms with Crippen molar-refractivity contribution in [3.63, 3.8) is 0 Å². The van der Waals surface area contributed by atoms with E-state index in [9.17, 15) is 9.90 Å². The molecule has 3 rings (SSSR count). The topological polar surface area (TPSA) is 59.0 Å². The zero-order valence-electron chi connectivity index (χ0n) is 12.2. The molecule has 0 aromatic heterocycles. The van der Waals surface area contributed by atoms with Crippen molar-refractivity contribution < 1.29 is 19.4 Å². The maximum Gasteiger partial charge on any atom is 0.321 e. The van der Waals surface area contributed by atoms with Gasteiger partial charge in [0.2, 0.25) is 0 Å². The average Bonchev–Trinajstić information content (AvgIpc) is 3.04. The number of nitrogens with zero attached hydrogens (tertiary/aromatic N) is 1. The Bertz CT molecular complexity index is 502. The van der Waals surface area contributed by atoms with E-state index in [1.54, 1.807) is 0 Å². The number of carbonyl (C=O) groups is 1. The van der Waals surface area contributed by atoms with Crippen LogP contribution >= 0.6 is 0 Å². The van der Waals surface area contributed by atoms with Gasteiger partial charge in [-0.05, 0) is 31.0 Å². The summed E-state index contributed by atoms with van der Waals surface area (Å²) in [6.07, 6.45) is 1.59. The van der Waals surface area contributed by atoms with Crippen LogP contribution in [0.4, 0.5) is 0 Å². The summed E-state index contributed by atoms with van der Waals surface area (Å²) in [5, 5.41) is 9.41. The first-order valence-electron chi connectivity index (χ1n) is 7.51. The number of hydrogen-bond donors (Lipinski definition) is 1. The molecule has 1 aromatic rings. The molecule has 0 bridgehead atoms. The van der Waals surface area contributed by atoms with Crippen LogP contribution in [0.2, 0.25) is 0 Å². The summed E-state index contributed by atoms with van der Waals surface area (Å²) in [4.78, 5) is 13.5. The number of aliphatic carboxylic acids is 1. The van der Waals surface area contributed by atoms with Crippen LogP contribution in [-0.4, -0.2) is 47.4 Å². The molecule has 5 heteroatoms. The summed E-state index contributed by atoms with van der Waals surface area (Å²) in [5.41, 5.74) is 1.11. The van der Waals surface area contributed by atoms with Crippen molar-refractivity contribution in [2.75, 3.05) is 13.2 Å².